The van der Waals surface area contributed by atoms with Crippen molar-refractivity contribution in [1.82, 2.24) is 15.8 Å². The molecule has 0 unspecified atom stereocenters. The second-order valence-corrected chi connectivity index (χ2v) is 6.35. The normalized spacial score (nSPS) is 19.6. The van der Waals surface area contributed by atoms with E-state index in [4.69, 9.17) is 9.47 Å². The van der Waals surface area contributed by atoms with Crippen LogP contribution in [0.15, 0.2) is 24.3 Å². The zero-order chi connectivity index (χ0) is 18.5. The first-order chi connectivity index (χ1) is 12.5. The molecule has 3 N–H and O–H groups in total. The van der Waals surface area contributed by atoms with Crippen LogP contribution in [0, 0.1) is 0 Å². The van der Waals surface area contributed by atoms with Crippen molar-refractivity contribution in [3.8, 4) is 11.5 Å². The number of para-hydroxylation sites is 2. The van der Waals surface area contributed by atoms with Crippen LogP contribution >= 0.6 is 0 Å². The minimum Gasteiger partial charge on any atom is -0.485 e. The Labute approximate surface area is 151 Å². The Bertz CT molecular complexity index is 687. The number of nitrogens with zero attached hydrogens (tertiary/aromatic N) is 1. The third-order valence-electron chi connectivity index (χ3n) is 4.35. The Hall–Kier alpha value is -2.81. The summed E-state index contributed by atoms with van der Waals surface area (Å²) >= 11 is 0. The van der Waals surface area contributed by atoms with Gasteiger partial charge in [0.1, 0.15) is 6.61 Å². The summed E-state index contributed by atoms with van der Waals surface area (Å²) in [6.45, 7) is 4.17. The summed E-state index contributed by atoms with van der Waals surface area (Å²) in [5.41, 5.74) is 4.61. The molecule has 0 radical (unpaired) electrons. The molecule has 9 nitrogen and oxygen atoms in total. The molecule has 1 aromatic carbocycles. The SMILES string of the molecule is CC(=O)NNC(=O)C[NH+]1CCN(C(=O)[C@H]2COc3ccccc3O2)CC1. The molecule has 0 saturated carbocycles. The van der Waals surface area contributed by atoms with E-state index in [0.29, 0.717) is 37.7 Å². The van der Waals surface area contributed by atoms with Gasteiger partial charge in [-0.3, -0.25) is 25.2 Å². The minimum atomic E-state index is -0.644. The number of carbonyl (C=O) groups excluding carboxylic acids is 3. The molecular formula is C17H23N4O5+. The molecule has 2 aliphatic rings. The van der Waals surface area contributed by atoms with E-state index in [0.717, 1.165) is 4.90 Å². The number of nitrogens with one attached hydrogen (secondary N) is 3. The molecule has 26 heavy (non-hydrogen) atoms. The Balaban J connectivity index is 1.45. The first kappa shape index (κ1) is 18.0. The minimum absolute atomic E-state index is 0.0961. The third-order valence-corrected chi connectivity index (χ3v) is 4.35. The largest absolute Gasteiger partial charge is 0.485 e. The standard InChI is InChI=1S/C17H22N4O5/c1-12(22)18-19-16(23)10-20-6-8-21(9-7-20)17(24)15-11-25-13-4-2-3-5-14(13)26-15/h2-5,15H,6-11H2,1H3,(H,18,22)(H,19,23)/p+1/t15-/m1/s1. The topological polar surface area (TPSA) is 101 Å². The van der Waals surface area contributed by atoms with Gasteiger partial charge in [-0.2, -0.15) is 0 Å². The van der Waals surface area contributed by atoms with Crippen molar-refractivity contribution in [2.45, 2.75) is 13.0 Å². The maximum Gasteiger partial charge on any atom is 0.293 e. The number of fused-ring (bicyclic) bond motifs is 1. The maximum atomic E-state index is 12.7. The Morgan fingerprint density at radius 1 is 1.15 bits per heavy atom. The Morgan fingerprint density at radius 2 is 1.85 bits per heavy atom. The molecule has 3 rings (SSSR count). The number of hydrazine groups is 1. The lowest BCUT2D eigenvalue weighted by Crippen LogP contribution is -3.16. The van der Waals surface area contributed by atoms with E-state index in [1.807, 2.05) is 18.2 Å². The van der Waals surface area contributed by atoms with Gasteiger partial charge in [0.2, 0.25) is 12.0 Å². The molecule has 2 heterocycles. The molecule has 0 aromatic heterocycles. The summed E-state index contributed by atoms with van der Waals surface area (Å²) in [5.74, 6) is 0.559. The van der Waals surface area contributed by atoms with Gasteiger partial charge in [-0.25, -0.2) is 0 Å². The number of piperazine rings is 1. The van der Waals surface area contributed by atoms with Gasteiger partial charge in [-0.1, -0.05) is 12.1 Å². The summed E-state index contributed by atoms with van der Waals surface area (Å²) in [6, 6.07) is 7.28. The van der Waals surface area contributed by atoms with Crippen LogP contribution in [0.3, 0.4) is 0 Å². The van der Waals surface area contributed by atoms with E-state index in [2.05, 4.69) is 10.9 Å². The zero-order valence-corrected chi connectivity index (χ0v) is 14.6. The van der Waals surface area contributed by atoms with Crippen LogP contribution in [0.25, 0.3) is 0 Å². The third kappa shape index (κ3) is 4.42. The molecule has 1 saturated heterocycles. The molecule has 0 aliphatic carbocycles. The lowest BCUT2D eigenvalue weighted by Gasteiger charge is -2.35. The molecule has 1 aromatic rings. The number of amides is 3. The second-order valence-electron chi connectivity index (χ2n) is 6.35. The first-order valence-electron chi connectivity index (χ1n) is 8.59. The average Bonchev–Trinajstić information content (AvgIpc) is 2.66. The molecule has 2 aliphatic heterocycles. The van der Waals surface area contributed by atoms with Crippen molar-refractivity contribution < 1.29 is 28.8 Å². The Kier molecular flexibility index (Phi) is 5.57. The van der Waals surface area contributed by atoms with Gasteiger partial charge in [0.15, 0.2) is 18.0 Å². The number of rotatable bonds is 3. The maximum absolute atomic E-state index is 12.7. The summed E-state index contributed by atoms with van der Waals surface area (Å²) < 4.78 is 11.4. The highest BCUT2D eigenvalue weighted by molar-refractivity contribution is 5.82. The van der Waals surface area contributed by atoms with Gasteiger partial charge in [0, 0.05) is 6.92 Å². The lowest BCUT2D eigenvalue weighted by atomic mass is 10.2. The number of hydrogen-bond donors (Lipinski definition) is 3. The molecule has 9 heteroatoms. The molecule has 3 amide bonds. The smallest absolute Gasteiger partial charge is 0.293 e. The van der Waals surface area contributed by atoms with Crippen molar-refractivity contribution >= 4 is 17.7 Å². The molecule has 1 fully saturated rings. The van der Waals surface area contributed by atoms with E-state index in [-0.39, 0.29) is 30.9 Å². The van der Waals surface area contributed by atoms with Crippen LogP contribution < -0.4 is 25.2 Å². The van der Waals surface area contributed by atoms with Gasteiger partial charge in [-0.15, -0.1) is 0 Å². The molecular weight excluding hydrogens is 340 g/mol. The molecule has 140 valence electrons. The van der Waals surface area contributed by atoms with Crippen LogP contribution in [0.2, 0.25) is 0 Å². The summed E-state index contributed by atoms with van der Waals surface area (Å²) in [5, 5.41) is 0. The van der Waals surface area contributed by atoms with E-state index >= 15 is 0 Å². The lowest BCUT2D eigenvalue weighted by molar-refractivity contribution is -0.896. The fourth-order valence-corrected chi connectivity index (χ4v) is 2.99. The second kappa shape index (κ2) is 8.05. The molecule has 0 bridgehead atoms. The van der Waals surface area contributed by atoms with Gasteiger partial charge in [0.25, 0.3) is 11.8 Å². The van der Waals surface area contributed by atoms with Crippen LogP contribution in [0.5, 0.6) is 11.5 Å². The van der Waals surface area contributed by atoms with Crippen LogP contribution in [-0.2, 0) is 14.4 Å². The van der Waals surface area contributed by atoms with E-state index in [9.17, 15) is 14.4 Å². The quantitative estimate of drug-likeness (QED) is 0.526. The predicted molar refractivity (Wildman–Crippen MR) is 90.5 cm³/mol. The average molecular weight is 363 g/mol. The van der Waals surface area contributed by atoms with Crippen LogP contribution in [0.4, 0.5) is 0 Å². The molecule has 0 spiro atoms. The van der Waals surface area contributed by atoms with Crippen molar-refractivity contribution in [3.05, 3.63) is 24.3 Å². The molecule has 1 atom stereocenters. The predicted octanol–water partition coefficient (Wildman–Crippen LogP) is -2.28. The highest BCUT2D eigenvalue weighted by Crippen LogP contribution is 2.31. The number of hydrogen-bond acceptors (Lipinski definition) is 5. The summed E-state index contributed by atoms with van der Waals surface area (Å²) in [4.78, 5) is 38.0. The van der Waals surface area contributed by atoms with E-state index in [1.54, 1.807) is 11.0 Å². The number of benzene rings is 1. The first-order valence-corrected chi connectivity index (χ1v) is 8.59. The van der Waals surface area contributed by atoms with Crippen molar-refractivity contribution in [3.63, 3.8) is 0 Å². The number of carbonyl (C=O) groups is 3. The summed E-state index contributed by atoms with van der Waals surface area (Å²) in [6.07, 6.45) is -0.644. The van der Waals surface area contributed by atoms with Crippen LogP contribution in [0.1, 0.15) is 6.92 Å². The van der Waals surface area contributed by atoms with Crippen molar-refractivity contribution in [1.29, 1.82) is 0 Å². The van der Waals surface area contributed by atoms with Gasteiger partial charge >= 0.3 is 0 Å². The zero-order valence-electron chi connectivity index (χ0n) is 14.6. The fourth-order valence-electron chi connectivity index (χ4n) is 2.99. The van der Waals surface area contributed by atoms with Crippen LogP contribution in [-0.4, -0.2) is 68.1 Å². The van der Waals surface area contributed by atoms with Gasteiger partial charge < -0.3 is 19.3 Å². The fraction of sp³-hybridized carbons (Fsp3) is 0.471. The monoisotopic (exact) mass is 363 g/mol. The van der Waals surface area contributed by atoms with E-state index in [1.165, 1.54) is 6.92 Å². The highest BCUT2D eigenvalue weighted by Gasteiger charge is 2.34. The Morgan fingerprint density at radius 3 is 2.54 bits per heavy atom. The summed E-state index contributed by atoms with van der Waals surface area (Å²) in [7, 11) is 0. The van der Waals surface area contributed by atoms with Crippen molar-refractivity contribution in [2.24, 2.45) is 0 Å². The van der Waals surface area contributed by atoms with Crippen molar-refractivity contribution in [2.75, 3.05) is 39.3 Å². The van der Waals surface area contributed by atoms with Gasteiger partial charge in [0.05, 0.1) is 26.2 Å². The number of quaternary nitrogens is 1. The van der Waals surface area contributed by atoms with Gasteiger partial charge in [-0.05, 0) is 12.1 Å². The highest BCUT2D eigenvalue weighted by atomic mass is 16.6. The number of ether oxygens (including phenoxy) is 2. The van der Waals surface area contributed by atoms with E-state index < -0.39 is 6.10 Å².